The zero-order valence-electron chi connectivity index (χ0n) is 11.5. The van der Waals surface area contributed by atoms with Crippen molar-refractivity contribution < 1.29 is 4.79 Å². The van der Waals surface area contributed by atoms with Crippen LogP contribution in [0.15, 0.2) is 24.3 Å². The van der Waals surface area contributed by atoms with Gasteiger partial charge in [0.1, 0.15) is 0 Å². The van der Waals surface area contributed by atoms with E-state index in [1.165, 1.54) is 37.7 Å². The van der Waals surface area contributed by atoms with Gasteiger partial charge in [0.25, 0.3) is 0 Å². The molecule has 0 atom stereocenters. The number of Topliss-reactive ketones (excluding diaryl/α,β-unsaturated/α-hetero) is 1. The molecule has 1 nitrogen and oxygen atoms in total. The summed E-state index contributed by atoms with van der Waals surface area (Å²) in [6.45, 7) is 2.23. The van der Waals surface area contributed by atoms with Crippen molar-refractivity contribution in [3.63, 3.8) is 0 Å². The van der Waals surface area contributed by atoms with Crippen LogP contribution in [0.1, 0.15) is 67.8 Å². The number of unbranched alkanes of at least 4 members (excludes halogenated alkanes) is 2. The third-order valence-corrected chi connectivity index (χ3v) is 4.03. The van der Waals surface area contributed by atoms with Gasteiger partial charge in [-0.05, 0) is 31.2 Å². The van der Waals surface area contributed by atoms with Crippen LogP contribution in [-0.2, 0) is 6.42 Å². The van der Waals surface area contributed by atoms with Crippen LogP contribution in [0.4, 0.5) is 0 Å². The lowest BCUT2D eigenvalue weighted by atomic mass is 9.95. The Labute approximate surface area is 111 Å². The second kappa shape index (κ2) is 6.72. The Morgan fingerprint density at radius 2 is 1.78 bits per heavy atom. The standard InChI is InChI=1S/C17H24O/c1-2-3-4-7-14-10-12-16(13-11-14)17(18)15-8-5-6-9-15/h10-13,15H,2-9H2,1H3. The second-order valence-electron chi connectivity index (χ2n) is 5.50. The largest absolute Gasteiger partial charge is 0.294 e. The monoisotopic (exact) mass is 244 g/mol. The van der Waals surface area contributed by atoms with Crippen molar-refractivity contribution >= 4 is 5.78 Å². The minimum atomic E-state index is 0.302. The van der Waals surface area contributed by atoms with E-state index in [1.807, 2.05) is 12.1 Å². The van der Waals surface area contributed by atoms with Gasteiger partial charge >= 0.3 is 0 Å². The number of carbonyl (C=O) groups excluding carboxylic acids is 1. The quantitative estimate of drug-likeness (QED) is 0.519. The molecule has 0 spiro atoms. The summed E-state index contributed by atoms with van der Waals surface area (Å²) < 4.78 is 0. The molecule has 18 heavy (non-hydrogen) atoms. The summed E-state index contributed by atoms with van der Waals surface area (Å²) in [5.74, 6) is 0.670. The molecule has 0 saturated heterocycles. The number of hydrogen-bond donors (Lipinski definition) is 0. The minimum Gasteiger partial charge on any atom is -0.294 e. The SMILES string of the molecule is CCCCCc1ccc(C(=O)C2CCCC2)cc1. The number of benzene rings is 1. The van der Waals surface area contributed by atoms with Crippen LogP contribution >= 0.6 is 0 Å². The zero-order valence-corrected chi connectivity index (χ0v) is 11.5. The van der Waals surface area contributed by atoms with Gasteiger partial charge in [-0.3, -0.25) is 4.79 Å². The summed E-state index contributed by atoms with van der Waals surface area (Å²) in [5.41, 5.74) is 2.28. The van der Waals surface area contributed by atoms with Gasteiger partial charge in [0.15, 0.2) is 5.78 Å². The highest BCUT2D eigenvalue weighted by Gasteiger charge is 2.23. The summed E-state index contributed by atoms with van der Waals surface area (Å²) in [7, 11) is 0. The van der Waals surface area contributed by atoms with Gasteiger partial charge in [0.2, 0.25) is 0 Å². The molecule has 0 N–H and O–H groups in total. The Morgan fingerprint density at radius 3 is 2.39 bits per heavy atom. The fourth-order valence-corrected chi connectivity index (χ4v) is 2.84. The average Bonchev–Trinajstić information content (AvgIpc) is 2.93. The van der Waals surface area contributed by atoms with Gasteiger partial charge in [-0.1, -0.05) is 56.9 Å². The zero-order chi connectivity index (χ0) is 12.8. The molecule has 1 aliphatic rings. The van der Waals surface area contributed by atoms with Gasteiger partial charge in [-0.25, -0.2) is 0 Å². The van der Waals surface area contributed by atoms with E-state index in [-0.39, 0.29) is 0 Å². The summed E-state index contributed by atoms with van der Waals surface area (Å²) in [6, 6.07) is 8.33. The van der Waals surface area contributed by atoms with Gasteiger partial charge in [-0.15, -0.1) is 0 Å². The predicted octanol–water partition coefficient (Wildman–Crippen LogP) is 4.79. The number of rotatable bonds is 6. The molecule has 0 aliphatic heterocycles. The Kier molecular flexibility index (Phi) is 4.98. The second-order valence-corrected chi connectivity index (χ2v) is 5.50. The highest BCUT2D eigenvalue weighted by molar-refractivity contribution is 5.98. The molecular formula is C17H24O. The van der Waals surface area contributed by atoms with Crippen molar-refractivity contribution in [1.82, 2.24) is 0 Å². The van der Waals surface area contributed by atoms with E-state index < -0.39 is 0 Å². The number of aryl methyl sites for hydroxylation is 1. The molecule has 0 radical (unpaired) electrons. The predicted molar refractivity (Wildman–Crippen MR) is 76.0 cm³/mol. The molecule has 1 aromatic rings. The Hall–Kier alpha value is -1.11. The highest BCUT2D eigenvalue weighted by Crippen LogP contribution is 2.28. The molecule has 2 rings (SSSR count). The van der Waals surface area contributed by atoms with Crippen LogP contribution in [0.3, 0.4) is 0 Å². The molecule has 1 saturated carbocycles. The maximum absolute atomic E-state index is 12.2. The lowest BCUT2D eigenvalue weighted by Crippen LogP contribution is -2.10. The molecule has 0 amide bonds. The summed E-state index contributed by atoms with van der Waals surface area (Å²) >= 11 is 0. The lowest BCUT2D eigenvalue weighted by molar-refractivity contribution is 0.0923. The molecule has 0 unspecified atom stereocenters. The summed E-state index contributed by atoms with van der Waals surface area (Å²) in [6.07, 6.45) is 9.60. The molecule has 1 fully saturated rings. The first kappa shape index (κ1) is 13.3. The van der Waals surface area contributed by atoms with Crippen molar-refractivity contribution in [3.05, 3.63) is 35.4 Å². The van der Waals surface area contributed by atoms with Crippen LogP contribution in [0.5, 0.6) is 0 Å². The van der Waals surface area contributed by atoms with E-state index in [9.17, 15) is 4.79 Å². The molecule has 0 aromatic heterocycles. The van der Waals surface area contributed by atoms with Gasteiger partial charge in [-0.2, -0.15) is 0 Å². The minimum absolute atomic E-state index is 0.302. The number of ketones is 1. The third-order valence-electron chi connectivity index (χ3n) is 4.03. The molecule has 1 aromatic carbocycles. The van der Waals surface area contributed by atoms with Crippen LogP contribution in [0.25, 0.3) is 0 Å². The molecular weight excluding hydrogens is 220 g/mol. The van der Waals surface area contributed by atoms with E-state index >= 15 is 0 Å². The average molecular weight is 244 g/mol. The van der Waals surface area contributed by atoms with E-state index in [0.717, 1.165) is 24.8 Å². The Morgan fingerprint density at radius 1 is 1.11 bits per heavy atom. The van der Waals surface area contributed by atoms with Crippen molar-refractivity contribution in [1.29, 1.82) is 0 Å². The first-order chi connectivity index (χ1) is 8.81. The van der Waals surface area contributed by atoms with Crippen LogP contribution in [0, 0.1) is 5.92 Å². The molecule has 98 valence electrons. The highest BCUT2D eigenvalue weighted by atomic mass is 16.1. The fraction of sp³-hybridized carbons (Fsp3) is 0.588. The summed E-state index contributed by atoms with van der Waals surface area (Å²) in [5, 5.41) is 0. The number of carbonyl (C=O) groups is 1. The van der Waals surface area contributed by atoms with E-state index in [0.29, 0.717) is 11.7 Å². The molecule has 1 aliphatic carbocycles. The molecule has 1 heteroatoms. The van der Waals surface area contributed by atoms with Crippen LogP contribution in [0.2, 0.25) is 0 Å². The maximum Gasteiger partial charge on any atom is 0.165 e. The maximum atomic E-state index is 12.2. The van der Waals surface area contributed by atoms with E-state index in [4.69, 9.17) is 0 Å². The Balaban J connectivity index is 1.92. The van der Waals surface area contributed by atoms with Crippen LogP contribution in [-0.4, -0.2) is 5.78 Å². The van der Waals surface area contributed by atoms with E-state index in [1.54, 1.807) is 0 Å². The van der Waals surface area contributed by atoms with Crippen molar-refractivity contribution in [2.75, 3.05) is 0 Å². The third kappa shape index (κ3) is 3.44. The van der Waals surface area contributed by atoms with Gasteiger partial charge < -0.3 is 0 Å². The first-order valence-corrected chi connectivity index (χ1v) is 7.44. The fourth-order valence-electron chi connectivity index (χ4n) is 2.84. The van der Waals surface area contributed by atoms with Crippen molar-refractivity contribution in [2.45, 2.75) is 58.3 Å². The summed E-state index contributed by atoms with van der Waals surface area (Å²) in [4.78, 5) is 12.2. The van der Waals surface area contributed by atoms with Gasteiger partial charge in [0.05, 0.1) is 0 Å². The van der Waals surface area contributed by atoms with E-state index in [2.05, 4.69) is 19.1 Å². The van der Waals surface area contributed by atoms with Crippen LogP contribution < -0.4 is 0 Å². The normalized spacial score (nSPS) is 16.1. The smallest absolute Gasteiger partial charge is 0.165 e. The van der Waals surface area contributed by atoms with Crippen molar-refractivity contribution in [2.24, 2.45) is 5.92 Å². The van der Waals surface area contributed by atoms with Crippen molar-refractivity contribution in [3.8, 4) is 0 Å². The Bertz CT molecular complexity index is 371. The first-order valence-electron chi connectivity index (χ1n) is 7.44. The molecule has 0 bridgehead atoms. The lowest BCUT2D eigenvalue weighted by Gasteiger charge is -2.08. The topological polar surface area (TPSA) is 17.1 Å². The molecule has 0 heterocycles. The number of hydrogen-bond acceptors (Lipinski definition) is 1. The van der Waals surface area contributed by atoms with Gasteiger partial charge in [0, 0.05) is 11.5 Å².